The van der Waals surface area contributed by atoms with Crippen molar-refractivity contribution >= 4 is 16.0 Å². The lowest BCUT2D eigenvalue weighted by molar-refractivity contribution is -0.139. The minimum atomic E-state index is -3.85. The predicted octanol–water partition coefficient (Wildman–Crippen LogP) is 1.91. The van der Waals surface area contributed by atoms with Gasteiger partial charge in [-0.3, -0.25) is 4.79 Å². The summed E-state index contributed by atoms with van der Waals surface area (Å²) in [5, 5.41) is 9.30. The average Bonchev–Trinajstić information content (AvgIpc) is 2.49. The Labute approximate surface area is 135 Å². The second kappa shape index (κ2) is 6.91. The number of carbonyl (C=O) groups is 1. The molecule has 1 unspecified atom stereocenters. The number of nitrogens with one attached hydrogen (secondary N) is 2. The molecule has 0 saturated heterocycles. The number of rotatable bonds is 6. The lowest BCUT2D eigenvalue weighted by atomic mass is 10.1. The van der Waals surface area contributed by atoms with Gasteiger partial charge in [-0.25, -0.2) is 13.8 Å². The van der Waals surface area contributed by atoms with Crippen LogP contribution in [0.2, 0.25) is 0 Å². The van der Waals surface area contributed by atoms with Crippen molar-refractivity contribution in [2.24, 2.45) is 0 Å². The van der Waals surface area contributed by atoms with E-state index >= 15 is 0 Å². The smallest absolute Gasteiger partial charge is 0.326 e. The van der Waals surface area contributed by atoms with Gasteiger partial charge >= 0.3 is 5.97 Å². The molecule has 0 aliphatic rings. The molecule has 0 fully saturated rings. The normalized spacial score (nSPS) is 12.8. The first-order valence-corrected chi connectivity index (χ1v) is 8.41. The van der Waals surface area contributed by atoms with Crippen LogP contribution in [0.25, 0.3) is 0 Å². The first kappa shape index (κ1) is 17.1. The molecular weight excluding hydrogens is 316 g/mol. The molecule has 0 saturated carbocycles. The molecule has 7 heteroatoms. The van der Waals surface area contributed by atoms with E-state index in [4.69, 9.17) is 0 Å². The lowest BCUT2D eigenvalue weighted by Crippen LogP contribution is -2.42. The van der Waals surface area contributed by atoms with Crippen LogP contribution < -0.4 is 10.3 Å². The first-order chi connectivity index (χ1) is 10.8. The summed E-state index contributed by atoms with van der Waals surface area (Å²) in [7, 11) is -3.85. The molecule has 6 nitrogen and oxygen atoms in total. The molecule has 0 heterocycles. The summed E-state index contributed by atoms with van der Waals surface area (Å²) in [6, 6.07) is 11.9. The lowest BCUT2D eigenvalue weighted by Gasteiger charge is -2.16. The highest BCUT2D eigenvalue weighted by atomic mass is 32.2. The number of hydrogen-bond donors (Lipinski definition) is 3. The molecule has 2 aromatic carbocycles. The van der Waals surface area contributed by atoms with Crippen molar-refractivity contribution in [1.82, 2.24) is 10.3 Å². The van der Waals surface area contributed by atoms with Crippen molar-refractivity contribution in [2.75, 3.05) is 0 Å². The van der Waals surface area contributed by atoms with Crippen molar-refractivity contribution in [3.8, 4) is 0 Å². The third kappa shape index (κ3) is 4.38. The number of aliphatic carboxylic acids is 1. The Morgan fingerprint density at radius 3 is 1.91 bits per heavy atom. The summed E-state index contributed by atoms with van der Waals surface area (Å²) in [6.07, 6.45) is 0. The number of benzene rings is 2. The number of carboxylic acids is 1. The third-order valence-corrected chi connectivity index (χ3v) is 4.61. The molecule has 2 aromatic rings. The Balaban J connectivity index is 2.16. The number of aryl methyl sites for hydroxylation is 2. The Kier molecular flexibility index (Phi) is 5.15. The highest BCUT2D eigenvalue weighted by Crippen LogP contribution is 2.15. The van der Waals surface area contributed by atoms with Crippen LogP contribution in [0.15, 0.2) is 53.4 Å². The van der Waals surface area contributed by atoms with Crippen molar-refractivity contribution < 1.29 is 18.3 Å². The van der Waals surface area contributed by atoms with Gasteiger partial charge < -0.3 is 5.11 Å². The molecule has 0 aliphatic heterocycles. The largest absolute Gasteiger partial charge is 0.480 e. The van der Waals surface area contributed by atoms with Gasteiger partial charge in [0.05, 0.1) is 4.90 Å². The second-order valence-electron chi connectivity index (χ2n) is 5.24. The van der Waals surface area contributed by atoms with Crippen LogP contribution in [-0.2, 0) is 14.8 Å². The van der Waals surface area contributed by atoms with E-state index in [1.165, 1.54) is 12.1 Å². The van der Waals surface area contributed by atoms with Crippen LogP contribution in [0.5, 0.6) is 0 Å². The SMILES string of the molecule is Cc1ccc(C(NNS(=O)(=O)c2ccc(C)cc2)C(=O)O)cc1. The van der Waals surface area contributed by atoms with Gasteiger partial charge in [0.2, 0.25) is 0 Å². The first-order valence-electron chi connectivity index (χ1n) is 6.93. The van der Waals surface area contributed by atoms with E-state index in [1.807, 2.05) is 13.8 Å². The maximum absolute atomic E-state index is 12.2. The minimum absolute atomic E-state index is 0.0589. The van der Waals surface area contributed by atoms with E-state index in [9.17, 15) is 18.3 Å². The molecular formula is C16H18N2O4S. The maximum atomic E-state index is 12.2. The standard InChI is InChI=1S/C16H18N2O4S/c1-11-3-7-13(8-4-11)15(16(19)20)17-18-23(21,22)14-9-5-12(2)6-10-14/h3-10,15,17-18H,1-2H3,(H,19,20). The molecule has 23 heavy (non-hydrogen) atoms. The zero-order valence-corrected chi connectivity index (χ0v) is 13.6. The van der Waals surface area contributed by atoms with Crippen LogP contribution in [0.4, 0.5) is 0 Å². The summed E-state index contributed by atoms with van der Waals surface area (Å²) in [6.45, 7) is 3.73. The molecule has 1 atom stereocenters. The minimum Gasteiger partial charge on any atom is -0.480 e. The number of hydrogen-bond acceptors (Lipinski definition) is 4. The molecule has 0 aromatic heterocycles. The highest BCUT2D eigenvalue weighted by Gasteiger charge is 2.22. The average molecular weight is 334 g/mol. The number of carboxylic acid groups (broad SMARTS) is 1. The van der Waals surface area contributed by atoms with Crippen LogP contribution in [0, 0.1) is 13.8 Å². The Morgan fingerprint density at radius 1 is 0.957 bits per heavy atom. The monoisotopic (exact) mass is 334 g/mol. The second-order valence-corrected chi connectivity index (χ2v) is 6.93. The Hall–Kier alpha value is -2.22. The van der Waals surface area contributed by atoms with Crippen LogP contribution in [0.3, 0.4) is 0 Å². The van der Waals surface area contributed by atoms with Gasteiger partial charge in [-0.2, -0.15) is 0 Å². The zero-order valence-electron chi connectivity index (χ0n) is 12.8. The quantitative estimate of drug-likeness (QED) is 0.702. The summed E-state index contributed by atoms with van der Waals surface area (Å²) in [4.78, 5) is 13.6. The van der Waals surface area contributed by atoms with Gasteiger partial charge in [-0.15, -0.1) is 4.83 Å². The molecule has 0 radical (unpaired) electrons. The van der Waals surface area contributed by atoms with E-state index in [-0.39, 0.29) is 4.90 Å². The van der Waals surface area contributed by atoms with Gasteiger partial charge in [-0.05, 0) is 31.5 Å². The maximum Gasteiger partial charge on any atom is 0.326 e. The Morgan fingerprint density at radius 2 is 1.43 bits per heavy atom. The molecule has 0 aliphatic carbocycles. The van der Waals surface area contributed by atoms with Crippen molar-refractivity contribution in [2.45, 2.75) is 24.8 Å². The number of sulfonamides is 1. The van der Waals surface area contributed by atoms with E-state index in [2.05, 4.69) is 10.3 Å². The fourth-order valence-corrected chi connectivity index (χ4v) is 2.84. The van der Waals surface area contributed by atoms with Gasteiger partial charge in [0.25, 0.3) is 10.0 Å². The summed E-state index contributed by atoms with van der Waals surface area (Å²) in [5.74, 6) is -1.18. The van der Waals surface area contributed by atoms with E-state index in [0.717, 1.165) is 11.1 Å². The molecule has 122 valence electrons. The topological polar surface area (TPSA) is 95.5 Å². The summed E-state index contributed by atoms with van der Waals surface area (Å²) in [5.41, 5.74) is 4.74. The van der Waals surface area contributed by atoms with Crippen LogP contribution in [-0.4, -0.2) is 19.5 Å². The fourth-order valence-electron chi connectivity index (χ4n) is 1.96. The summed E-state index contributed by atoms with van der Waals surface area (Å²) >= 11 is 0. The van der Waals surface area contributed by atoms with Crippen molar-refractivity contribution in [3.05, 3.63) is 65.2 Å². The van der Waals surface area contributed by atoms with Crippen LogP contribution in [0.1, 0.15) is 22.7 Å². The van der Waals surface area contributed by atoms with E-state index in [0.29, 0.717) is 5.56 Å². The fraction of sp³-hybridized carbons (Fsp3) is 0.188. The molecule has 0 spiro atoms. The Bertz CT molecular complexity index is 784. The van der Waals surface area contributed by atoms with Gasteiger partial charge in [0, 0.05) is 0 Å². The zero-order chi connectivity index (χ0) is 17.0. The molecule has 0 bridgehead atoms. The molecule has 2 rings (SSSR count). The van der Waals surface area contributed by atoms with Gasteiger partial charge in [0.15, 0.2) is 0 Å². The van der Waals surface area contributed by atoms with Crippen LogP contribution >= 0.6 is 0 Å². The molecule has 3 N–H and O–H groups in total. The third-order valence-electron chi connectivity index (χ3n) is 3.33. The number of hydrazine groups is 1. The summed E-state index contributed by atoms with van der Waals surface area (Å²) < 4.78 is 24.4. The highest BCUT2D eigenvalue weighted by molar-refractivity contribution is 7.89. The van der Waals surface area contributed by atoms with Gasteiger partial charge in [-0.1, -0.05) is 47.5 Å². The van der Waals surface area contributed by atoms with E-state index < -0.39 is 22.0 Å². The van der Waals surface area contributed by atoms with Crippen molar-refractivity contribution in [3.63, 3.8) is 0 Å². The van der Waals surface area contributed by atoms with Crippen molar-refractivity contribution in [1.29, 1.82) is 0 Å². The molecule has 0 amide bonds. The van der Waals surface area contributed by atoms with Gasteiger partial charge in [0.1, 0.15) is 6.04 Å². The van der Waals surface area contributed by atoms with E-state index in [1.54, 1.807) is 36.4 Å². The predicted molar refractivity (Wildman–Crippen MR) is 86.2 cm³/mol.